The lowest BCUT2D eigenvalue weighted by atomic mass is 10.2. The number of nitrogens with one attached hydrogen (secondary N) is 1. The summed E-state index contributed by atoms with van der Waals surface area (Å²) in [5.41, 5.74) is 1.50. The van der Waals surface area contributed by atoms with Crippen molar-refractivity contribution < 1.29 is 10.0 Å². The molecule has 0 aliphatic rings. The highest BCUT2D eigenvalue weighted by molar-refractivity contribution is 5.64. The molecule has 0 aliphatic heterocycles. The Morgan fingerprint density at radius 3 is 2.72 bits per heavy atom. The first kappa shape index (κ1) is 14.2. The summed E-state index contributed by atoms with van der Waals surface area (Å²) < 4.78 is 0. The first-order chi connectivity index (χ1) is 8.58. The summed E-state index contributed by atoms with van der Waals surface area (Å²) in [5.74, 6) is 0. The van der Waals surface area contributed by atoms with Crippen LogP contribution < -0.4 is 10.2 Å². The van der Waals surface area contributed by atoms with E-state index in [-0.39, 0.29) is 12.3 Å². The van der Waals surface area contributed by atoms with Crippen molar-refractivity contribution in [1.29, 1.82) is 0 Å². The number of aliphatic hydroxyl groups is 1. The number of anilines is 2. The van der Waals surface area contributed by atoms with Gasteiger partial charge in [-0.05, 0) is 12.5 Å². The molecule has 6 heteroatoms. The van der Waals surface area contributed by atoms with Crippen molar-refractivity contribution in [3.63, 3.8) is 0 Å². The van der Waals surface area contributed by atoms with Gasteiger partial charge in [-0.2, -0.15) is 0 Å². The molecule has 6 nitrogen and oxygen atoms in total. The van der Waals surface area contributed by atoms with Crippen LogP contribution >= 0.6 is 0 Å². The quantitative estimate of drug-likeness (QED) is 0.572. The number of nitrogens with zero attached hydrogens (tertiary/aromatic N) is 2. The Bertz CT molecular complexity index is 410. The Kier molecular flexibility index (Phi) is 5.38. The normalized spacial score (nSPS) is 10.2. The summed E-state index contributed by atoms with van der Waals surface area (Å²) in [6, 6.07) is 4.87. The number of nitro groups is 1. The van der Waals surface area contributed by atoms with Gasteiger partial charge in [0.15, 0.2) is 0 Å². The van der Waals surface area contributed by atoms with Crippen LogP contribution in [0.3, 0.4) is 0 Å². The number of benzene rings is 1. The zero-order chi connectivity index (χ0) is 13.5. The minimum atomic E-state index is -0.409. The molecule has 1 aromatic carbocycles. The summed E-state index contributed by atoms with van der Waals surface area (Å²) in [6.45, 7) is 3.25. The lowest BCUT2D eigenvalue weighted by Gasteiger charge is -2.19. The van der Waals surface area contributed by atoms with Crippen molar-refractivity contribution in [2.45, 2.75) is 13.3 Å². The molecule has 0 aromatic heterocycles. The summed E-state index contributed by atoms with van der Waals surface area (Å²) in [7, 11) is 1.79. The molecule has 0 atom stereocenters. The molecule has 0 amide bonds. The molecule has 2 N–H and O–H groups in total. The van der Waals surface area contributed by atoms with E-state index >= 15 is 0 Å². The van der Waals surface area contributed by atoms with Gasteiger partial charge in [0.25, 0.3) is 5.69 Å². The Balaban J connectivity index is 3.01. The van der Waals surface area contributed by atoms with Crippen LogP contribution in [0.5, 0.6) is 0 Å². The van der Waals surface area contributed by atoms with Gasteiger partial charge >= 0.3 is 0 Å². The van der Waals surface area contributed by atoms with Crippen molar-refractivity contribution in [3.8, 4) is 0 Å². The molecule has 0 saturated heterocycles. The zero-order valence-corrected chi connectivity index (χ0v) is 10.7. The molecule has 0 bridgehead atoms. The van der Waals surface area contributed by atoms with Gasteiger partial charge in [-0.1, -0.05) is 6.92 Å². The topological polar surface area (TPSA) is 78.6 Å². The van der Waals surface area contributed by atoms with E-state index in [0.29, 0.717) is 6.54 Å². The SMILES string of the molecule is CCCNc1cc(N(C)CCO)cc([N+](=O)[O-])c1. The molecule has 18 heavy (non-hydrogen) atoms. The average Bonchev–Trinajstić information content (AvgIpc) is 2.36. The van der Waals surface area contributed by atoms with E-state index in [0.717, 1.165) is 24.3 Å². The highest BCUT2D eigenvalue weighted by Gasteiger charge is 2.11. The van der Waals surface area contributed by atoms with E-state index < -0.39 is 4.92 Å². The molecule has 0 aliphatic carbocycles. The largest absolute Gasteiger partial charge is 0.395 e. The minimum absolute atomic E-state index is 0.0108. The lowest BCUT2D eigenvalue weighted by Crippen LogP contribution is -2.21. The van der Waals surface area contributed by atoms with E-state index in [1.54, 1.807) is 11.9 Å². The van der Waals surface area contributed by atoms with Crippen molar-refractivity contribution in [3.05, 3.63) is 28.3 Å². The molecule has 0 unspecified atom stereocenters. The molecular formula is C12H19N3O3. The maximum absolute atomic E-state index is 10.9. The van der Waals surface area contributed by atoms with Crippen molar-refractivity contribution >= 4 is 17.1 Å². The smallest absolute Gasteiger partial charge is 0.273 e. The van der Waals surface area contributed by atoms with E-state index in [4.69, 9.17) is 5.11 Å². The fourth-order valence-electron chi connectivity index (χ4n) is 1.57. The van der Waals surface area contributed by atoms with Crippen LogP contribution in [0.2, 0.25) is 0 Å². The second kappa shape index (κ2) is 6.80. The van der Waals surface area contributed by atoms with Gasteiger partial charge in [0.1, 0.15) is 0 Å². The molecule has 0 radical (unpaired) electrons. The Hall–Kier alpha value is -1.82. The summed E-state index contributed by atoms with van der Waals surface area (Å²) in [4.78, 5) is 12.2. The Morgan fingerprint density at radius 1 is 1.44 bits per heavy atom. The van der Waals surface area contributed by atoms with Gasteiger partial charge in [0.2, 0.25) is 0 Å². The fourth-order valence-corrected chi connectivity index (χ4v) is 1.57. The van der Waals surface area contributed by atoms with Crippen LogP contribution in [0.25, 0.3) is 0 Å². The van der Waals surface area contributed by atoms with E-state index in [2.05, 4.69) is 5.32 Å². The highest BCUT2D eigenvalue weighted by Crippen LogP contribution is 2.26. The van der Waals surface area contributed by atoms with Crippen LogP contribution in [0.4, 0.5) is 17.1 Å². The summed E-state index contributed by atoms with van der Waals surface area (Å²) >= 11 is 0. The summed E-state index contributed by atoms with van der Waals surface area (Å²) in [5, 5.41) is 22.9. The molecule has 1 rings (SSSR count). The standard InChI is InChI=1S/C12H19N3O3/c1-3-4-13-10-7-11(14(2)5-6-16)9-12(8-10)15(17)18/h7-9,13,16H,3-6H2,1-2H3. The first-order valence-corrected chi connectivity index (χ1v) is 5.93. The number of aliphatic hydroxyl groups excluding tert-OH is 1. The molecule has 100 valence electrons. The molecule has 0 heterocycles. The van der Waals surface area contributed by atoms with Crippen molar-refractivity contribution in [2.75, 3.05) is 37.0 Å². The van der Waals surface area contributed by atoms with Gasteiger partial charge in [-0.3, -0.25) is 10.1 Å². The van der Waals surface area contributed by atoms with Gasteiger partial charge in [-0.15, -0.1) is 0 Å². The number of hydrogen-bond donors (Lipinski definition) is 2. The predicted molar refractivity (Wildman–Crippen MR) is 72.2 cm³/mol. The van der Waals surface area contributed by atoms with Crippen molar-refractivity contribution in [1.82, 2.24) is 0 Å². The van der Waals surface area contributed by atoms with Crippen LogP contribution in [0, 0.1) is 10.1 Å². The van der Waals surface area contributed by atoms with Crippen LogP contribution in [-0.4, -0.2) is 36.8 Å². The third-order valence-corrected chi connectivity index (χ3v) is 2.57. The molecular weight excluding hydrogens is 234 g/mol. The third kappa shape index (κ3) is 3.89. The van der Waals surface area contributed by atoms with Gasteiger partial charge in [0, 0.05) is 43.6 Å². The highest BCUT2D eigenvalue weighted by atomic mass is 16.6. The predicted octanol–water partition coefficient (Wildman–Crippen LogP) is 1.85. The molecule has 0 spiro atoms. The first-order valence-electron chi connectivity index (χ1n) is 5.93. The van der Waals surface area contributed by atoms with Crippen molar-refractivity contribution in [2.24, 2.45) is 0 Å². The van der Waals surface area contributed by atoms with Gasteiger partial charge in [0.05, 0.1) is 11.5 Å². The lowest BCUT2D eigenvalue weighted by molar-refractivity contribution is -0.384. The average molecular weight is 253 g/mol. The van der Waals surface area contributed by atoms with E-state index in [1.165, 1.54) is 12.1 Å². The fraction of sp³-hybridized carbons (Fsp3) is 0.500. The van der Waals surface area contributed by atoms with Crippen LogP contribution in [0.15, 0.2) is 18.2 Å². The number of rotatable bonds is 7. The minimum Gasteiger partial charge on any atom is -0.395 e. The molecule has 0 saturated carbocycles. The molecule has 1 aromatic rings. The molecule has 0 fully saturated rings. The monoisotopic (exact) mass is 253 g/mol. The van der Waals surface area contributed by atoms with Gasteiger partial charge < -0.3 is 15.3 Å². The van der Waals surface area contributed by atoms with Gasteiger partial charge in [-0.25, -0.2) is 0 Å². The Labute approximate surface area is 106 Å². The maximum Gasteiger partial charge on any atom is 0.273 e. The summed E-state index contributed by atoms with van der Waals surface area (Å²) in [6.07, 6.45) is 0.949. The third-order valence-electron chi connectivity index (χ3n) is 2.57. The van der Waals surface area contributed by atoms with Crippen LogP contribution in [0.1, 0.15) is 13.3 Å². The van der Waals surface area contributed by atoms with Crippen LogP contribution in [-0.2, 0) is 0 Å². The maximum atomic E-state index is 10.9. The van der Waals surface area contributed by atoms with E-state index in [1.807, 2.05) is 13.0 Å². The number of hydrogen-bond acceptors (Lipinski definition) is 5. The second-order valence-electron chi connectivity index (χ2n) is 4.07. The number of likely N-dealkylation sites (N-methyl/N-ethyl adjacent to an activating group) is 1. The Morgan fingerprint density at radius 2 is 2.17 bits per heavy atom. The zero-order valence-electron chi connectivity index (χ0n) is 10.7. The number of nitro benzene ring substituents is 1. The van der Waals surface area contributed by atoms with E-state index in [9.17, 15) is 10.1 Å². The number of non-ortho nitro benzene ring substituents is 1. The second-order valence-corrected chi connectivity index (χ2v) is 4.07.